The molecule has 5 rings (SSSR count). The van der Waals surface area contributed by atoms with E-state index >= 15 is 0 Å². The molecular weight excluding hydrogens is 324 g/mol. The van der Waals surface area contributed by atoms with Gasteiger partial charge in [-0.2, -0.15) is 0 Å². The van der Waals surface area contributed by atoms with Crippen LogP contribution in [0.1, 0.15) is 54.4 Å². The maximum absolute atomic E-state index is 12.9. The molecule has 0 aromatic carbocycles. The number of nitrogens with zero attached hydrogens (tertiary/aromatic N) is 3. The maximum atomic E-state index is 12.9. The van der Waals surface area contributed by atoms with Gasteiger partial charge in [0.2, 0.25) is 0 Å². The Morgan fingerprint density at radius 2 is 2.19 bits per heavy atom. The third-order valence-electron chi connectivity index (χ3n) is 7.21. The van der Waals surface area contributed by atoms with E-state index in [2.05, 4.69) is 33.2 Å². The van der Waals surface area contributed by atoms with Crippen LogP contribution >= 0.6 is 0 Å². The molecule has 26 heavy (non-hydrogen) atoms. The lowest BCUT2D eigenvalue weighted by Gasteiger charge is -2.33. The maximum Gasteiger partial charge on any atom is 0.255 e. The molecule has 140 valence electrons. The number of piperidine rings is 1. The molecule has 2 aliphatic heterocycles. The third-order valence-corrected chi connectivity index (χ3v) is 7.21. The Labute approximate surface area is 156 Å². The number of hydrogen-bond acceptors (Lipinski definition) is 4. The summed E-state index contributed by atoms with van der Waals surface area (Å²) in [6, 6.07) is 2.92. The van der Waals surface area contributed by atoms with Crippen LogP contribution in [0, 0.1) is 11.3 Å². The number of rotatable bonds is 4. The first kappa shape index (κ1) is 16.5. The topological polar surface area (TPSA) is 48.5 Å². The average molecular weight is 354 g/mol. The molecule has 1 spiro atoms. The van der Waals surface area contributed by atoms with Crippen molar-refractivity contribution in [3.05, 3.63) is 23.4 Å². The van der Waals surface area contributed by atoms with Gasteiger partial charge >= 0.3 is 0 Å². The molecule has 2 saturated carbocycles. The van der Waals surface area contributed by atoms with Gasteiger partial charge in [0.1, 0.15) is 5.82 Å². The number of carbonyl (C=O) groups is 1. The summed E-state index contributed by atoms with van der Waals surface area (Å²) in [7, 11) is 2.29. The number of nitrogens with one attached hydrogen (secondary N) is 1. The molecule has 0 radical (unpaired) electrons. The van der Waals surface area contributed by atoms with Crippen molar-refractivity contribution in [3.63, 3.8) is 0 Å². The molecule has 1 aromatic heterocycles. The minimum atomic E-state index is 0.174. The number of anilines is 1. The van der Waals surface area contributed by atoms with Gasteiger partial charge in [0.15, 0.2) is 0 Å². The summed E-state index contributed by atoms with van der Waals surface area (Å²) in [4.78, 5) is 22.0. The molecular formula is C21H30N4O. The Morgan fingerprint density at radius 1 is 1.38 bits per heavy atom. The Hall–Kier alpha value is -1.62. The minimum Gasteiger partial charge on any atom is -0.370 e. The van der Waals surface area contributed by atoms with Gasteiger partial charge in [0.25, 0.3) is 5.91 Å². The van der Waals surface area contributed by atoms with E-state index in [1.54, 1.807) is 6.20 Å². The normalized spacial score (nSPS) is 26.5. The van der Waals surface area contributed by atoms with E-state index in [-0.39, 0.29) is 5.91 Å². The first-order valence-corrected chi connectivity index (χ1v) is 10.4. The zero-order valence-electron chi connectivity index (χ0n) is 15.8. The summed E-state index contributed by atoms with van der Waals surface area (Å²) in [6.07, 6.45) is 10.4. The number of pyridine rings is 1. The van der Waals surface area contributed by atoms with Crippen LogP contribution < -0.4 is 5.32 Å². The van der Waals surface area contributed by atoms with E-state index in [4.69, 9.17) is 0 Å². The van der Waals surface area contributed by atoms with Gasteiger partial charge in [0, 0.05) is 38.4 Å². The molecule has 2 aliphatic carbocycles. The van der Waals surface area contributed by atoms with Gasteiger partial charge in [0.05, 0.1) is 5.56 Å². The number of aryl methyl sites for hydroxylation is 1. The van der Waals surface area contributed by atoms with Crippen molar-refractivity contribution in [2.45, 2.75) is 51.0 Å². The molecule has 1 N–H and O–H groups in total. The van der Waals surface area contributed by atoms with Crippen LogP contribution in [0.4, 0.5) is 5.82 Å². The molecule has 5 heteroatoms. The summed E-state index contributed by atoms with van der Waals surface area (Å²) in [5.41, 5.74) is 2.50. The molecule has 5 nitrogen and oxygen atoms in total. The second-order valence-electron chi connectivity index (χ2n) is 8.99. The highest BCUT2D eigenvalue weighted by atomic mass is 16.2. The van der Waals surface area contributed by atoms with Crippen LogP contribution in [-0.2, 0) is 6.42 Å². The monoisotopic (exact) mass is 354 g/mol. The second kappa shape index (κ2) is 6.22. The van der Waals surface area contributed by atoms with Crippen molar-refractivity contribution in [2.75, 3.05) is 38.5 Å². The highest BCUT2D eigenvalue weighted by molar-refractivity contribution is 5.94. The predicted octanol–water partition coefficient (Wildman–Crippen LogP) is 2.78. The Morgan fingerprint density at radius 3 is 2.96 bits per heavy atom. The predicted molar refractivity (Wildman–Crippen MR) is 102 cm³/mol. The van der Waals surface area contributed by atoms with Crippen LogP contribution in [-0.4, -0.2) is 60.0 Å². The second-order valence-corrected chi connectivity index (χ2v) is 8.99. The fourth-order valence-corrected chi connectivity index (χ4v) is 5.11. The van der Waals surface area contributed by atoms with Gasteiger partial charge in [-0.05, 0) is 75.0 Å². The summed E-state index contributed by atoms with van der Waals surface area (Å²) in [6.45, 7) is 4.08. The van der Waals surface area contributed by atoms with Crippen molar-refractivity contribution in [1.29, 1.82) is 0 Å². The molecule has 1 unspecified atom stereocenters. The SMILES string of the molecule is CN(CC1CC12CCN(C(=O)c1cnc3c(c1)CCCN3)CC2)C1CC1. The van der Waals surface area contributed by atoms with E-state index in [1.807, 2.05) is 0 Å². The molecule has 1 saturated heterocycles. The number of fused-ring (bicyclic) bond motifs is 1. The van der Waals surface area contributed by atoms with Crippen molar-refractivity contribution >= 4 is 11.7 Å². The van der Waals surface area contributed by atoms with Crippen LogP contribution in [0.5, 0.6) is 0 Å². The van der Waals surface area contributed by atoms with Crippen LogP contribution in [0.3, 0.4) is 0 Å². The quantitative estimate of drug-likeness (QED) is 0.903. The number of likely N-dealkylation sites (tertiary alicyclic amines) is 1. The number of hydrogen-bond donors (Lipinski definition) is 1. The minimum absolute atomic E-state index is 0.174. The lowest BCUT2D eigenvalue weighted by Crippen LogP contribution is -2.40. The van der Waals surface area contributed by atoms with Gasteiger partial charge in [-0.3, -0.25) is 4.79 Å². The summed E-state index contributed by atoms with van der Waals surface area (Å²) >= 11 is 0. The standard InChI is InChI=1S/C21H30N4O/c1-24(18-4-5-18)14-17-12-21(17)6-9-25(10-7-21)20(26)16-11-15-3-2-8-22-19(15)23-13-16/h11,13,17-18H,2-10,12,14H2,1H3,(H,22,23). The molecule has 3 fully saturated rings. The van der Waals surface area contributed by atoms with Gasteiger partial charge in [-0.1, -0.05) is 0 Å². The fourth-order valence-electron chi connectivity index (χ4n) is 5.11. The molecule has 0 bridgehead atoms. The largest absolute Gasteiger partial charge is 0.370 e. The molecule has 3 heterocycles. The highest BCUT2D eigenvalue weighted by Crippen LogP contribution is 2.59. The van der Waals surface area contributed by atoms with Gasteiger partial charge < -0.3 is 15.1 Å². The number of amides is 1. The Kier molecular flexibility index (Phi) is 3.96. The van der Waals surface area contributed by atoms with Crippen LogP contribution in [0.25, 0.3) is 0 Å². The van der Waals surface area contributed by atoms with Crippen molar-refractivity contribution in [3.8, 4) is 0 Å². The van der Waals surface area contributed by atoms with Gasteiger partial charge in [-0.25, -0.2) is 4.98 Å². The Bertz CT molecular complexity index is 706. The van der Waals surface area contributed by atoms with Crippen LogP contribution in [0.2, 0.25) is 0 Å². The summed E-state index contributed by atoms with van der Waals surface area (Å²) in [5.74, 6) is 2.00. The van der Waals surface area contributed by atoms with E-state index in [1.165, 1.54) is 44.2 Å². The number of carbonyl (C=O) groups excluding carboxylic acids is 1. The number of aromatic nitrogens is 1. The van der Waals surface area contributed by atoms with Gasteiger partial charge in [-0.15, -0.1) is 0 Å². The van der Waals surface area contributed by atoms with Crippen molar-refractivity contribution < 1.29 is 4.79 Å². The average Bonchev–Trinajstić information content (AvgIpc) is 3.59. The lowest BCUT2D eigenvalue weighted by atomic mass is 9.90. The molecule has 4 aliphatic rings. The summed E-state index contributed by atoms with van der Waals surface area (Å²) < 4.78 is 0. The van der Waals surface area contributed by atoms with Crippen molar-refractivity contribution in [2.24, 2.45) is 11.3 Å². The van der Waals surface area contributed by atoms with E-state index < -0.39 is 0 Å². The third kappa shape index (κ3) is 3.00. The smallest absolute Gasteiger partial charge is 0.255 e. The van der Waals surface area contributed by atoms with Crippen LogP contribution in [0.15, 0.2) is 12.3 Å². The molecule has 1 aromatic rings. The molecule has 1 atom stereocenters. The molecule has 1 amide bonds. The highest BCUT2D eigenvalue weighted by Gasteiger charge is 2.55. The van der Waals surface area contributed by atoms with E-state index in [9.17, 15) is 4.79 Å². The fraction of sp³-hybridized carbons (Fsp3) is 0.714. The van der Waals surface area contributed by atoms with E-state index in [0.29, 0.717) is 5.41 Å². The zero-order valence-corrected chi connectivity index (χ0v) is 15.8. The first-order valence-electron chi connectivity index (χ1n) is 10.4. The zero-order chi connectivity index (χ0) is 17.7. The summed E-state index contributed by atoms with van der Waals surface area (Å²) in [5, 5.41) is 3.32. The van der Waals surface area contributed by atoms with Crippen molar-refractivity contribution in [1.82, 2.24) is 14.8 Å². The Balaban J connectivity index is 1.19. The van der Waals surface area contributed by atoms with E-state index in [0.717, 1.165) is 55.8 Å². The first-order chi connectivity index (χ1) is 12.6. The lowest BCUT2D eigenvalue weighted by molar-refractivity contribution is 0.0664.